The number of nitrogens with one attached hydrogen (secondary N) is 2. The first kappa shape index (κ1) is 20.0. The van der Waals surface area contributed by atoms with Crippen LogP contribution in [0.5, 0.6) is 0 Å². The lowest BCUT2D eigenvalue weighted by Gasteiger charge is -2.09. The number of amides is 1. The molecule has 0 bridgehead atoms. The molecule has 10 heteroatoms. The Morgan fingerprint density at radius 2 is 1.89 bits per heavy atom. The fraction of sp³-hybridized carbons (Fsp3) is 0.333. The molecule has 3 aromatic rings. The zero-order valence-electron chi connectivity index (χ0n) is 15.4. The lowest BCUT2D eigenvalue weighted by molar-refractivity contribution is -0.137. The summed E-state index contributed by atoms with van der Waals surface area (Å²) < 4.78 is 37.6. The maximum absolute atomic E-state index is 12.5. The van der Waals surface area contributed by atoms with Gasteiger partial charge in [-0.25, -0.2) is 15.0 Å². The summed E-state index contributed by atoms with van der Waals surface area (Å²) in [5, 5.41) is 6.57. The number of hydrogen-bond acceptors (Lipinski definition) is 6. The van der Waals surface area contributed by atoms with Crippen molar-refractivity contribution in [3.8, 4) is 0 Å². The van der Waals surface area contributed by atoms with Crippen molar-refractivity contribution >= 4 is 33.3 Å². The highest BCUT2D eigenvalue weighted by Crippen LogP contribution is 2.31. The fourth-order valence-electron chi connectivity index (χ4n) is 2.80. The third-order valence-electron chi connectivity index (χ3n) is 4.10. The van der Waals surface area contributed by atoms with E-state index in [1.54, 1.807) is 0 Å². The van der Waals surface area contributed by atoms with Gasteiger partial charge >= 0.3 is 6.18 Å². The van der Waals surface area contributed by atoms with Crippen molar-refractivity contribution in [3.63, 3.8) is 0 Å². The third-order valence-corrected chi connectivity index (χ3v) is 5.28. The summed E-state index contributed by atoms with van der Waals surface area (Å²) in [6.45, 7) is 6.18. The van der Waals surface area contributed by atoms with Crippen molar-refractivity contribution in [2.75, 3.05) is 18.4 Å². The van der Waals surface area contributed by atoms with Crippen LogP contribution in [-0.4, -0.2) is 33.9 Å². The Morgan fingerprint density at radius 1 is 1.14 bits per heavy atom. The average Bonchev–Trinajstić information content (AvgIpc) is 2.95. The molecule has 0 saturated heterocycles. The van der Waals surface area contributed by atoms with Crippen LogP contribution in [0.2, 0.25) is 0 Å². The number of fused-ring (bicyclic) bond motifs is 1. The molecule has 0 aliphatic carbocycles. The van der Waals surface area contributed by atoms with Crippen LogP contribution in [0.4, 0.5) is 19.0 Å². The molecule has 0 aliphatic rings. The SMILES string of the molecule is Cc1nc(C)c2c(C)c(C(=O)NCCNc3ccc(C(F)(F)F)cn3)sc2n1. The number of anilines is 1. The number of pyridine rings is 1. The van der Waals surface area contributed by atoms with Gasteiger partial charge in [-0.2, -0.15) is 13.2 Å². The highest BCUT2D eigenvalue weighted by atomic mass is 32.1. The van der Waals surface area contributed by atoms with Gasteiger partial charge in [0.25, 0.3) is 5.91 Å². The monoisotopic (exact) mass is 409 g/mol. The average molecular weight is 409 g/mol. The summed E-state index contributed by atoms with van der Waals surface area (Å²) in [5.74, 6) is 0.743. The summed E-state index contributed by atoms with van der Waals surface area (Å²) in [7, 11) is 0. The number of thiophene rings is 1. The lowest BCUT2D eigenvalue weighted by Crippen LogP contribution is -2.28. The van der Waals surface area contributed by atoms with Gasteiger partial charge in [0.2, 0.25) is 0 Å². The van der Waals surface area contributed by atoms with Crippen molar-refractivity contribution in [2.24, 2.45) is 0 Å². The molecule has 2 N–H and O–H groups in total. The number of nitrogens with zero attached hydrogens (tertiary/aromatic N) is 3. The molecule has 1 amide bonds. The van der Waals surface area contributed by atoms with Crippen molar-refractivity contribution in [1.29, 1.82) is 0 Å². The van der Waals surface area contributed by atoms with E-state index >= 15 is 0 Å². The van der Waals surface area contributed by atoms with E-state index in [1.165, 1.54) is 17.4 Å². The summed E-state index contributed by atoms with van der Waals surface area (Å²) >= 11 is 1.32. The first-order valence-electron chi connectivity index (χ1n) is 8.46. The molecule has 0 spiro atoms. The van der Waals surface area contributed by atoms with Gasteiger partial charge in [-0.15, -0.1) is 11.3 Å². The van der Waals surface area contributed by atoms with Crippen LogP contribution in [0, 0.1) is 20.8 Å². The normalized spacial score (nSPS) is 11.6. The molecule has 3 rings (SSSR count). The minimum absolute atomic E-state index is 0.222. The summed E-state index contributed by atoms with van der Waals surface area (Å²) in [6, 6.07) is 2.21. The van der Waals surface area contributed by atoms with Gasteiger partial charge in [-0.3, -0.25) is 4.79 Å². The second-order valence-corrected chi connectivity index (χ2v) is 7.20. The summed E-state index contributed by atoms with van der Waals surface area (Å²) in [4.78, 5) is 26.3. The largest absolute Gasteiger partial charge is 0.417 e. The molecule has 0 atom stereocenters. The van der Waals surface area contributed by atoms with E-state index in [4.69, 9.17) is 0 Å². The Labute approximate surface area is 163 Å². The molecule has 0 fully saturated rings. The highest BCUT2D eigenvalue weighted by Gasteiger charge is 2.30. The minimum Gasteiger partial charge on any atom is -0.368 e. The van der Waals surface area contributed by atoms with Crippen LogP contribution < -0.4 is 10.6 Å². The van der Waals surface area contributed by atoms with Gasteiger partial charge in [0, 0.05) is 30.4 Å². The van der Waals surface area contributed by atoms with E-state index in [0.717, 1.165) is 33.7 Å². The molecular formula is C18H18F3N5OS. The Bertz CT molecular complexity index is 1010. The van der Waals surface area contributed by atoms with Gasteiger partial charge in [0.05, 0.1) is 10.4 Å². The first-order valence-corrected chi connectivity index (χ1v) is 9.28. The number of aromatic nitrogens is 3. The molecule has 0 aliphatic heterocycles. The second kappa shape index (κ2) is 7.70. The molecule has 3 heterocycles. The van der Waals surface area contributed by atoms with Crippen LogP contribution in [-0.2, 0) is 6.18 Å². The third kappa shape index (κ3) is 4.22. The van der Waals surface area contributed by atoms with Gasteiger partial charge in [-0.05, 0) is 38.5 Å². The van der Waals surface area contributed by atoms with E-state index < -0.39 is 11.7 Å². The number of hydrogen-bond donors (Lipinski definition) is 2. The van der Waals surface area contributed by atoms with Gasteiger partial charge in [0.1, 0.15) is 16.5 Å². The summed E-state index contributed by atoms with van der Waals surface area (Å²) in [6.07, 6.45) is -3.64. The predicted molar refractivity (Wildman–Crippen MR) is 102 cm³/mol. The van der Waals surface area contributed by atoms with E-state index in [0.29, 0.717) is 29.6 Å². The molecule has 0 aromatic carbocycles. The van der Waals surface area contributed by atoms with E-state index in [9.17, 15) is 18.0 Å². The molecule has 148 valence electrons. The molecule has 6 nitrogen and oxygen atoms in total. The molecule has 0 saturated carbocycles. The van der Waals surface area contributed by atoms with Gasteiger partial charge < -0.3 is 10.6 Å². The van der Waals surface area contributed by atoms with Gasteiger partial charge in [-0.1, -0.05) is 0 Å². The van der Waals surface area contributed by atoms with E-state index in [2.05, 4.69) is 25.6 Å². The highest BCUT2D eigenvalue weighted by molar-refractivity contribution is 7.20. The van der Waals surface area contributed by atoms with Crippen molar-refractivity contribution in [1.82, 2.24) is 20.3 Å². The maximum Gasteiger partial charge on any atom is 0.417 e. The van der Waals surface area contributed by atoms with Crippen LogP contribution in [0.1, 0.15) is 32.3 Å². The number of halogens is 3. The summed E-state index contributed by atoms with van der Waals surface area (Å²) in [5.41, 5.74) is 0.873. The van der Waals surface area contributed by atoms with E-state index in [1.807, 2.05) is 20.8 Å². The Kier molecular flexibility index (Phi) is 5.50. The van der Waals surface area contributed by atoms with Crippen molar-refractivity contribution < 1.29 is 18.0 Å². The Balaban J connectivity index is 1.58. The lowest BCUT2D eigenvalue weighted by atomic mass is 10.1. The Morgan fingerprint density at radius 3 is 2.54 bits per heavy atom. The van der Waals surface area contributed by atoms with Crippen molar-refractivity contribution in [3.05, 3.63) is 45.9 Å². The quantitative estimate of drug-likeness (QED) is 0.626. The molecule has 3 aromatic heterocycles. The molecule has 28 heavy (non-hydrogen) atoms. The smallest absolute Gasteiger partial charge is 0.368 e. The van der Waals surface area contributed by atoms with Gasteiger partial charge in [0.15, 0.2) is 0 Å². The van der Waals surface area contributed by atoms with E-state index in [-0.39, 0.29) is 5.91 Å². The first-order chi connectivity index (χ1) is 13.2. The number of carbonyl (C=O) groups is 1. The zero-order chi connectivity index (χ0) is 20.5. The second-order valence-electron chi connectivity index (χ2n) is 6.21. The van der Waals surface area contributed by atoms with Crippen LogP contribution in [0.25, 0.3) is 10.2 Å². The van der Waals surface area contributed by atoms with Crippen LogP contribution >= 0.6 is 11.3 Å². The Hall–Kier alpha value is -2.75. The predicted octanol–water partition coefficient (Wildman–Crippen LogP) is 3.87. The topological polar surface area (TPSA) is 79.8 Å². The number of alkyl halides is 3. The molecular weight excluding hydrogens is 391 g/mol. The van der Waals surface area contributed by atoms with Crippen LogP contribution in [0.3, 0.4) is 0 Å². The number of aryl methyl sites for hydroxylation is 3. The van der Waals surface area contributed by atoms with Crippen LogP contribution in [0.15, 0.2) is 18.3 Å². The van der Waals surface area contributed by atoms with Crippen molar-refractivity contribution in [2.45, 2.75) is 26.9 Å². The molecule has 0 radical (unpaired) electrons. The number of rotatable bonds is 5. The minimum atomic E-state index is -4.41. The fourth-order valence-corrected chi connectivity index (χ4v) is 4.00. The molecule has 0 unspecified atom stereocenters. The maximum atomic E-state index is 12.5. The standard InChI is InChI=1S/C18H18F3N5OS/c1-9-14-10(2)25-11(3)26-17(14)28-15(9)16(27)23-7-6-22-13-5-4-12(8-24-13)18(19,20)21/h4-5,8H,6-7H2,1-3H3,(H,22,24)(H,23,27). The number of carbonyl (C=O) groups excluding carboxylic acids is 1. The zero-order valence-corrected chi connectivity index (χ0v) is 16.3.